The van der Waals surface area contributed by atoms with E-state index in [1.54, 1.807) is 55.6 Å². The van der Waals surface area contributed by atoms with Crippen LogP contribution >= 0.6 is 0 Å². The van der Waals surface area contributed by atoms with Gasteiger partial charge in [0.15, 0.2) is 0 Å². The second kappa shape index (κ2) is 29.2. The third-order valence-electron chi connectivity index (χ3n) is 9.80. The zero-order valence-corrected chi connectivity index (χ0v) is 37.1. The van der Waals surface area contributed by atoms with Crippen molar-refractivity contribution in [2.45, 2.75) is 91.5 Å². The average Bonchev–Trinajstić information content (AvgIpc) is 3.31. The van der Waals surface area contributed by atoms with Crippen LogP contribution in [0.15, 0.2) is 146 Å². The van der Waals surface area contributed by atoms with Crippen LogP contribution < -0.4 is 28.4 Å². The van der Waals surface area contributed by atoms with Crippen molar-refractivity contribution in [3.8, 4) is 34.5 Å². The molecule has 348 valence electrons. The zero-order valence-electron chi connectivity index (χ0n) is 37.1. The number of hydrogen-bond donors (Lipinski definition) is 0. The molecule has 0 atom stereocenters. The molecule has 0 aliphatic carbocycles. The highest BCUT2D eigenvalue weighted by atomic mass is 19.3. The first kappa shape index (κ1) is 51.3. The molecule has 0 aliphatic heterocycles. The zero-order chi connectivity index (χ0) is 46.7. The van der Waals surface area contributed by atoms with Gasteiger partial charge in [0.25, 0.3) is 0 Å². The molecule has 6 rings (SSSR count). The maximum absolute atomic E-state index is 12.1. The standard InChI is InChI=1S/C19H22F2O2.C18H20F2O2.C16H16F2O2/c1-2-3-14-22-17-10-6-15(7-11-17)4-5-16-8-12-18(13-9-16)23-19(20)21;1-2-13-21-16-9-5-14(6-10-16)3-4-15-7-11-17(12-8-15)22-18(19)20;1-19-14-8-4-12(5-9-14)2-3-13-6-10-15(11-7-13)20-16(17)18/h6-13,19H,2-5,14H2,1H3;5-12,18H,2-4,13H2,1H3;4-11,16H,2-3H2,1H3. The lowest BCUT2D eigenvalue weighted by molar-refractivity contribution is -0.0505. The van der Waals surface area contributed by atoms with Gasteiger partial charge in [-0.25, -0.2) is 0 Å². The summed E-state index contributed by atoms with van der Waals surface area (Å²) in [5.74, 6) is 3.19. The van der Waals surface area contributed by atoms with Crippen molar-refractivity contribution in [2.24, 2.45) is 0 Å². The van der Waals surface area contributed by atoms with Gasteiger partial charge in [0.05, 0.1) is 20.3 Å². The molecule has 0 N–H and O–H groups in total. The van der Waals surface area contributed by atoms with Crippen molar-refractivity contribution in [2.75, 3.05) is 20.3 Å². The number of aryl methyl sites for hydroxylation is 6. The summed E-state index contributed by atoms with van der Waals surface area (Å²) < 4.78 is 102. The summed E-state index contributed by atoms with van der Waals surface area (Å²) in [5.41, 5.74) is 6.92. The Kier molecular flexibility index (Phi) is 23.1. The maximum atomic E-state index is 12.1. The molecule has 0 saturated carbocycles. The van der Waals surface area contributed by atoms with Crippen molar-refractivity contribution in [1.29, 1.82) is 0 Å². The first-order valence-electron chi connectivity index (χ1n) is 21.7. The molecule has 0 unspecified atom stereocenters. The Bertz CT molecular complexity index is 2130. The van der Waals surface area contributed by atoms with Crippen molar-refractivity contribution >= 4 is 0 Å². The van der Waals surface area contributed by atoms with Crippen LogP contribution in [0.1, 0.15) is 66.5 Å². The van der Waals surface area contributed by atoms with E-state index in [2.05, 4.69) is 52.3 Å². The van der Waals surface area contributed by atoms with E-state index in [1.807, 2.05) is 72.8 Å². The van der Waals surface area contributed by atoms with Gasteiger partial charge in [-0.1, -0.05) is 93.1 Å². The monoisotopic (exact) mass is 904 g/mol. The summed E-state index contributed by atoms with van der Waals surface area (Å²) in [4.78, 5) is 0. The van der Waals surface area contributed by atoms with Crippen LogP contribution in [0.3, 0.4) is 0 Å². The van der Waals surface area contributed by atoms with E-state index >= 15 is 0 Å². The van der Waals surface area contributed by atoms with Crippen molar-refractivity contribution in [3.63, 3.8) is 0 Å². The van der Waals surface area contributed by atoms with Crippen LogP contribution in [-0.4, -0.2) is 40.2 Å². The fourth-order valence-corrected chi connectivity index (χ4v) is 6.23. The van der Waals surface area contributed by atoms with Gasteiger partial charge in [-0.15, -0.1) is 0 Å². The van der Waals surface area contributed by atoms with Crippen LogP contribution in [0.25, 0.3) is 0 Å². The number of ether oxygens (including phenoxy) is 6. The number of benzene rings is 6. The summed E-state index contributed by atoms with van der Waals surface area (Å²) in [6, 6.07) is 44.4. The van der Waals surface area contributed by atoms with Crippen molar-refractivity contribution in [1.82, 2.24) is 0 Å². The summed E-state index contributed by atoms with van der Waals surface area (Å²) in [6.07, 6.45) is 8.40. The van der Waals surface area contributed by atoms with Gasteiger partial charge < -0.3 is 28.4 Å². The SMILES string of the molecule is CCCCOc1ccc(CCc2ccc(OC(F)F)cc2)cc1.CCCOc1ccc(CCc2ccc(OC(F)F)cc2)cc1.COc1ccc(CCc2ccc(OC(F)F)cc2)cc1. The Labute approximate surface area is 379 Å². The molecular formula is C53H58F6O6. The topological polar surface area (TPSA) is 55.4 Å². The molecule has 0 aliphatic rings. The Morgan fingerprint density at radius 3 is 0.800 bits per heavy atom. The number of rotatable bonds is 23. The lowest BCUT2D eigenvalue weighted by Crippen LogP contribution is -2.01. The van der Waals surface area contributed by atoms with Gasteiger partial charge in [-0.3, -0.25) is 0 Å². The van der Waals surface area contributed by atoms with Crippen LogP contribution in [0, 0.1) is 0 Å². The molecule has 6 aromatic carbocycles. The molecule has 12 heteroatoms. The Balaban J connectivity index is 0.000000214. The van der Waals surface area contributed by atoms with Crippen LogP contribution in [0.2, 0.25) is 0 Å². The molecule has 6 aromatic rings. The van der Waals surface area contributed by atoms with Gasteiger partial charge >= 0.3 is 19.8 Å². The number of hydrogen-bond acceptors (Lipinski definition) is 6. The van der Waals surface area contributed by atoms with Gasteiger partial charge in [0.2, 0.25) is 0 Å². The van der Waals surface area contributed by atoms with E-state index in [0.29, 0.717) is 0 Å². The van der Waals surface area contributed by atoms with Crippen molar-refractivity contribution in [3.05, 3.63) is 179 Å². The smallest absolute Gasteiger partial charge is 0.387 e. The highest BCUT2D eigenvalue weighted by Crippen LogP contribution is 2.21. The quantitative estimate of drug-likeness (QED) is 0.0472. The lowest BCUT2D eigenvalue weighted by Gasteiger charge is -2.08. The van der Waals surface area contributed by atoms with E-state index in [1.165, 1.54) is 16.7 Å². The van der Waals surface area contributed by atoms with Gasteiger partial charge in [0.1, 0.15) is 34.5 Å². The van der Waals surface area contributed by atoms with Crippen LogP contribution in [0.4, 0.5) is 26.3 Å². The fraction of sp³-hybridized carbons (Fsp3) is 0.321. The molecule has 0 aromatic heterocycles. The lowest BCUT2D eigenvalue weighted by atomic mass is 10.0. The van der Waals surface area contributed by atoms with E-state index in [-0.39, 0.29) is 17.2 Å². The number of methoxy groups -OCH3 is 1. The molecule has 0 amide bonds. The number of unbranched alkanes of at least 4 members (excludes halogenated alkanes) is 1. The van der Waals surface area contributed by atoms with E-state index in [0.717, 1.165) is 105 Å². The Morgan fingerprint density at radius 1 is 0.323 bits per heavy atom. The summed E-state index contributed by atoms with van der Waals surface area (Å²) in [7, 11) is 1.64. The molecule has 0 spiro atoms. The molecule has 0 radical (unpaired) electrons. The molecule has 65 heavy (non-hydrogen) atoms. The molecule has 0 fully saturated rings. The van der Waals surface area contributed by atoms with E-state index in [9.17, 15) is 26.3 Å². The normalized spacial score (nSPS) is 10.7. The predicted molar refractivity (Wildman–Crippen MR) is 244 cm³/mol. The van der Waals surface area contributed by atoms with E-state index < -0.39 is 19.8 Å². The fourth-order valence-electron chi connectivity index (χ4n) is 6.23. The minimum atomic E-state index is -2.78. The molecule has 0 saturated heterocycles. The van der Waals surface area contributed by atoms with Gasteiger partial charge in [-0.05, 0) is 158 Å². The second-order valence-electron chi connectivity index (χ2n) is 14.8. The highest BCUT2D eigenvalue weighted by Gasteiger charge is 2.07. The first-order chi connectivity index (χ1) is 31.5. The third kappa shape index (κ3) is 21.3. The average molecular weight is 905 g/mol. The summed E-state index contributed by atoms with van der Waals surface area (Å²) >= 11 is 0. The Hall–Kier alpha value is -6.30. The van der Waals surface area contributed by atoms with Crippen LogP contribution in [0.5, 0.6) is 34.5 Å². The molecule has 0 heterocycles. The molecular weight excluding hydrogens is 847 g/mol. The Morgan fingerprint density at radius 2 is 0.569 bits per heavy atom. The molecule has 0 bridgehead atoms. The first-order valence-corrected chi connectivity index (χ1v) is 21.7. The van der Waals surface area contributed by atoms with E-state index in [4.69, 9.17) is 14.2 Å². The molecule has 6 nitrogen and oxygen atoms in total. The largest absolute Gasteiger partial charge is 0.497 e. The summed E-state index contributed by atoms with van der Waals surface area (Å²) in [6.45, 7) is -2.64. The van der Waals surface area contributed by atoms with Gasteiger partial charge in [0, 0.05) is 0 Å². The second-order valence-corrected chi connectivity index (χ2v) is 14.8. The number of halogens is 6. The van der Waals surface area contributed by atoms with Gasteiger partial charge in [-0.2, -0.15) is 26.3 Å². The number of alkyl halides is 6. The van der Waals surface area contributed by atoms with Crippen molar-refractivity contribution < 1.29 is 54.8 Å². The highest BCUT2D eigenvalue weighted by molar-refractivity contribution is 5.33. The third-order valence-corrected chi connectivity index (χ3v) is 9.80. The predicted octanol–water partition coefficient (Wildman–Crippen LogP) is 14.2. The summed E-state index contributed by atoms with van der Waals surface area (Å²) in [5, 5.41) is 0. The minimum absolute atomic E-state index is 0.188. The van der Waals surface area contributed by atoms with Crippen LogP contribution in [-0.2, 0) is 38.5 Å². The minimum Gasteiger partial charge on any atom is -0.497 e. The maximum Gasteiger partial charge on any atom is 0.387 e.